The molecule has 1 aromatic carbocycles. The Kier molecular flexibility index (Phi) is 5.64. The minimum Gasteiger partial charge on any atom is -0.369 e. The number of hydrogen-bond donors (Lipinski definition) is 0. The number of rotatable bonds is 3. The van der Waals surface area contributed by atoms with Gasteiger partial charge >= 0.3 is 0 Å². The number of halogens is 1. The van der Waals surface area contributed by atoms with Gasteiger partial charge in [0, 0.05) is 63.1 Å². The van der Waals surface area contributed by atoms with Crippen molar-refractivity contribution in [1.82, 2.24) is 14.7 Å². The molecule has 0 bridgehead atoms. The molecule has 1 aromatic rings. The number of hydrogen-bond acceptors (Lipinski definition) is 4. The average molecular weight is 351 g/mol. The lowest BCUT2D eigenvalue weighted by atomic mass is 10.1. The van der Waals surface area contributed by atoms with Crippen molar-refractivity contribution in [1.29, 1.82) is 0 Å². The molecule has 0 saturated carbocycles. The minimum absolute atomic E-state index is 0.0271. The van der Waals surface area contributed by atoms with Crippen LogP contribution in [-0.4, -0.2) is 86.1 Å². The first-order valence-corrected chi connectivity index (χ1v) is 9.14. The second-order valence-corrected chi connectivity index (χ2v) is 7.24. The molecule has 132 valence electrons. The summed E-state index contributed by atoms with van der Waals surface area (Å²) >= 11 is 5.96. The van der Waals surface area contributed by atoms with Gasteiger partial charge in [-0.1, -0.05) is 11.6 Å². The zero-order valence-corrected chi connectivity index (χ0v) is 15.4. The van der Waals surface area contributed by atoms with E-state index in [9.17, 15) is 4.79 Å². The molecular formula is C18H27ClN4O. The summed E-state index contributed by atoms with van der Waals surface area (Å²) < 4.78 is 0. The third-order valence-electron chi connectivity index (χ3n) is 5.23. The summed E-state index contributed by atoms with van der Waals surface area (Å²) in [6.07, 6.45) is 0. The number of anilines is 1. The number of benzene rings is 1. The van der Waals surface area contributed by atoms with Crippen LogP contribution in [-0.2, 0) is 4.79 Å². The summed E-state index contributed by atoms with van der Waals surface area (Å²) in [4.78, 5) is 21.7. The summed E-state index contributed by atoms with van der Waals surface area (Å²) in [5, 5.41) is 0.767. The smallest absolute Gasteiger partial charge is 0.239 e. The second kappa shape index (κ2) is 7.72. The first-order valence-electron chi connectivity index (χ1n) is 8.76. The van der Waals surface area contributed by atoms with E-state index in [0.717, 1.165) is 57.4 Å². The van der Waals surface area contributed by atoms with E-state index < -0.39 is 0 Å². The molecule has 2 aliphatic rings. The molecule has 6 heteroatoms. The molecule has 1 amide bonds. The first kappa shape index (κ1) is 17.5. The Hall–Kier alpha value is -1.30. The van der Waals surface area contributed by atoms with Crippen molar-refractivity contribution in [2.24, 2.45) is 0 Å². The molecule has 1 atom stereocenters. The summed E-state index contributed by atoms with van der Waals surface area (Å²) in [6.45, 7) is 9.44. The largest absolute Gasteiger partial charge is 0.369 e. The maximum Gasteiger partial charge on any atom is 0.239 e. The second-order valence-electron chi connectivity index (χ2n) is 6.80. The predicted molar refractivity (Wildman–Crippen MR) is 98.8 cm³/mol. The fourth-order valence-corrected chi connectivity index (χ4v) is 3.59. The van der Waals surface area contributed by atoms with E-state index in [-0.39, 0.29) is 11.9 Å². The Bertz CT molecular complexity index is 549. The van der Waals surface area contributed by atoms with Crippen molar-refractivity contribution in [3.63, 3.8) is 0 Å². The maximum atomic E-state index is 12.7. The van der Waals surface area contributed by atoms with Gasteiger partial charge in [0.1, 0.15) is 0 Å². The summed E-state index contributed by atoms with van der Waals surface area (Å²) in [7, 11) is 2.11. The van der Waals surface area contributed by atoms with Gasteiger partial charge in [-0.3, -0.25) is 9.69 Å². The SMILES string of the molecule is C[C@@H](C(=O)N1CCN(C)CC1)N1CCN(c2ccc(Cl)cc2)CC1. The Balaban J connectivity index is 1.52. The molecule has 5 nitrogen and oxygen atoms in total. The molecule has 2 aliphatic heterocycles. The van der Waals surface area contributed by atoms with Gasteiger partial charge in [0.15, 0.2) is 0 Å². The minimum atomic E-state index is -0.0271. The fraction of sp³-hybridized carbons (Fsp3) is 0.611. The quantitative estimate of drug-likeness (QED) is 0.828. The van der Waals surface area contributed by atoms with Crippen LogP contribution in [0.2, 0.25) is 5.02 Å². The van der Waals surface area contributed by atoms with Crippen LogP contribution in [0.4, 0.5) is 5.69 Å². The summed E-state index contributed by atoms with van der Waals surface area (Å²) in [5.74, 6) is 0.281. The van der Waals surface area contributed by atoms with Gasteiger partial charge in [-0.2, -0.15) is 0 Å². The van der Waals surface area contributed by atoms with Crippen molar-refractivity contribution >= 4 is 23.2 Å². The molecule has 0 aliphatic carbocycles. The molecule has 2 saturated heterocycles. The van der Waals surface area contributed by atoms with Crippen LogP contribution in [0.25, 0.3) is 0 Å². The van der Waals surface area contributed by atoms with Crippen molar-refractivity contribution in [2.45, 2.75) is 13.0 Å². The Morgan fingerprint density at radius 2 is 1.54 bits per heavy atom. The van der Waals surface area contributed by atoms with Crippen LogP contribution < -0.4 is 4.90 Å². The zero-order valence-electron chi connectivity index (χ0n) is 14.6. The Morgan fingerprint density at radius 3 is 2.12 bits per heavy atom. The van der Waals surface area contributed by atoms with Gasteiger partial charge in [0.2, 0.25) is 5.91 Å². The number of carbonyl (C=O) groups is 1. The molecule has 2 heterocycles. The van der Waals surface area contributed by atoms with Gasteiger partial charge in [-0.25, -0.2) is 0 Å². The van der Waals surface area contributed by atoms with Crippen molar-refractivity contribution in [3.8, 4) is 0 Å². The van der Waals surface area contributed by atoms with Gasteiger partial charge < -0.3 is 14.7 Å². The van der Waals surface area contributed by atoms with E-state index in [0.29, 0.717) is 0 Å². The lowest BCUT2D eigenvalue weighted by Crippen LogP contribution is -2.57. The third-order valence-corrected chi connectivity index (χ3v) is 5.48. The summed E-state index contributed by atoms with van der Waals surface area (Å²) in [5.41, 5.74) is 1.21. The first-order chi connectivity index (χ1) is 11.5. The highest BCUT2D eigenvalue weighted by Gasteiger charge is 2.29. The molecule has 0 spiro atoms. The highest BCUT2D eigenvalue weighted by atomic mass is 35.5. The van der Waals surface area contributed by atoms with E-state index in [1.165, 1.54) is 5.69 Å². The van der Waals surface area contributed by atoms with Gasteiger partial charge in [0.05, 0.1) is 6.04 Å². The standard InChI is InChI=1S/C18H27ClN4O/c1-15(18(24)23-9-7-20(2)8-10-23)21-11-13-22(14-12-21)17-5-3-16(19)4-6-17/h3-6,15H,7-14H2,1-2H3/t15-/m0/s1. The van der Waals surface area contributed by atoms with Crippen LogP contribution in [0.3, 0.4) is 0 Å². The molecular weight excluding hydrogens is 324 g/mol. The number of piperazine rings is 2. The number of carbonyl (C=O) groups excluding carboxylic acids is 1. The highest BCUT2D eigenvalue weighted by Crippen LogP contribution is 2.20. The Morgan fingerprint density at radius 1 is 0.958 bits per heavy atom. The normalized spacial score (nSPS) is 21.8. The van der Waals surface area contributed by atoms with E-state index >= 15 is 0 Å². The van der Waals surface area contributed by atoms with E-state index in [2.05, 4.69) is 40.8 Å². The van der Waals surface area contributed by atoms with E-state index in [1.807, 2.05) is 17.0 Å². The van der Waals surface area contributed by atoms with Crippen LogP contribution in [0.15, 0.2) is 24.3 Å². The Labute approximate surface area is 149 Å². The number of likely N-dealkylation sites (N-methyl/N-ethyl adjacent to an activating group) is 1. The van der Waals surface area contributed by atoms with Gasteiger partial charge in [-0.05, 0) is 38.2 Å². The average Bonchev–Trinajstić information content (AvgIpc) is 2.62. The molecule has 24 heavy (non-hydrogen) atoms. The maximum absolute atomic E-state index is 12.7. The van der Waals surface area contributed by atoms with Crippen molar-refractivity contribution in [3.05, 3.63) is 29.3 Å². The van der Waals surface area contributed by atoms with Crippen LogP contribution >= 0.6 is 11.6 Å². The van der Waals surface area contributed by atoms with Gasteiger partial charge in [0.25, 0.3) is 0 Å². The van der Waals surface area contributed by atoms with Gasteiger partial charge in [-0.15, -0.1) is 0 Å². The lowest BCUT2D eigenvalue weighted by molar-refractivity contribution is -0.138. The predicted octanol–water partition coefficient (Wildman–Crippen LogP) is 1.62. The monoisotopic (exact) mass is 350 g/mol. The highest BCUT2D eigenvalue weighted by molar-refractivity contribution is 6.30. The molecule has 0 unspecified atom stereocenters. The van der Waals surface area contributed by atoms with Crippen LogP contribution in [0.1, 0.15) is 6.92 Å². The van der Waals surface area contributed by atoms with Crippen molar-refractivity contribution in [2.75, 3.05) is 64.3 Å². The van der Waals surface area contributed by atoms with Crippen molar-refractivity contribution < 1.29 is 4.79 Å². The lowest BCUT2D eigenvalue weighted by Gasteiger charge is -2.41. The third kappa shape index (κ3) is 4.02. The number of amides is 1. The molecule has 0 radical (unpaired) electrons. The van der Waals surface area contributed by atoms with Crippen LogP contribution in [0.5, 0.6) is 0 Å². The molecule has 0 N–H and O–H groups in total. The zero-order chi connectivity index (χ0) is 17.1. The van der Waals surface area contributed by atoms with Crippen LogP contribution in [0, 0.1) is 0 Å². The van der Waals surface area contributed by atoms with E-state index in [1.54, 1.807) is 0 Å². The fourth-order valence-electron chi connectivity index (χ4n) is 3.47. The molecule has 3 rings (SSSR count). The topological polar surface area (TPSA) is 30.0 Å². The number of nitrogens with zero attached hydrogens (tertiary/aromatic N) is 4. The van der Waals surface area contributed by atoms with E-state index in [4.69, 9.17) is 11.6 Å². The molecule has 0 aromatic heterocycles. The molecule has 2 fully saturated rings. The summed E-state index contributed by atoms with van der Waals surface area (Å²) in [6, 6.07) is 7.97.